The SMILES string of the molecule is CC.CC.Cc1cc(Cl)ncc1[N+](=O)[O-]. The van der Waals surface area contributed by atoms with Gasteiger partial charge in [-0.25, -0.2) is 4.98 Å². The van der Waals surface area contributed by atoms with Crippen LogP contribution in [0.5, 0.6) is 0 Å². The quantitative estimate of drug-likeness (QED) is 0.418. The van der Waals surface area contributed by atoms with Crippen LogP contribution in [0.2, 0.25) is 5.15 Å². The third-order valence-electron chi connectivity index (χ3n) is 1.25. The largest absolute Gasteiger partial charge is 0.290 e. The monoisotopic (exact) mass is 232 g/mol. The minimum atomic E-state index is -0.487. The summed E-state index contributed by atoms with van der Waals surface area (Å²) >= 11 is 5.49. The molecule has 0 aliphatic heterocycles. The average molecular weight is 233 g/mol. The van der Waals surface area contributed by atoms with E-state index in [4.69, 9.17) is 11.6 Å². The Hall–Kier alpha value is -1.16. The van der Waals surface area contributed by atoms with Crippen molar-refractivity contribution in [1.29, 1.82) is 0 Å². The summed E-state index contributed by atoms with van der Waals surface area (Å²) in [5.41, 5.74) is 0.518. The van der Waals surface area contributed by atoms with Gasteiger partial charge in [0.2, 0.25) is 0 Å². The molecule has 1 aromatic heterocycles. The normalized spacial score (nSPS) is 7.87. The van der Waals surface area contributed by atoms with Crippen LogP contribution in [0.15, 0.2) is 12.3 Å². The van der Waals surface area contributed by atoms with Gasteiger partial charge in [-0.1, -0.05) is 39.3 Å². The Morgan fingerprint density at radius 1 is 1.33 bits per heavy atom. The molecule has 0 unspecified atom stereocenters. The van der Waals surface area contributed by atoms with Crippen LogP contribution in [-0.2, 0) is 0 Å². The van der Waals surface area contributed by atoms with Crippen molar-refractivity contribution in [2.75, 3.05) is 0 Å². The zero-order chi connectivity index (χ0) is 12.4. The third-order valence-corrected chi connectivity index (χ3v) is 1.45. The smallest absolute Gasteiger partial charge is 0.258 e. The lowest BCUT2D eigenvalue weighted by Gasteiger charge is -1.94. The molecule has 0 aliphatic rings. The minimum Gasteiger partial charge on any atom is -0.258 e. The Morgan fingerprint density at radius 3 is 2.13 bits per heavy atom. The Balaban J connectivity index is 0. The fraction of sp³-hybridized carbons (Fsp3) is 0.500. The summed E-state index contributed by atoms with van der Waals surface area (Å²) in [5.74, 6) is 0. The predicted molar refractivity (Wildman–Crippen MR) is 63.3 cm³/mol. The molecular formula is C10H17ClN2O2. The van der Waals surface area contributed by atoms with Crippen LogP contribution in [0.25, 0.3) is 0 Å². The van der Waals surface area contributed by atoms with Crippen LogP contribution in [0.1, 0.15) is 33.3 Å². The highest BCUT2D eigenvalue weighted by atomic mass is 35.5. The highest BCUT2D eigenvalue weighted by molar-refractivity contribution is 6.29. The van der Waals surface area contributed by atoms with Crippen LogP contribution in [0.3, 0.4) is 0 Å². The number of pyridine rings is 1. The number of aryl methyl sites for hydroxylation is 1. The molecule has 15 heavy (non-hydrogen) atoms. The van der Waals surface area contributed by atoms with E-state index in [1.807, 2.05) is 27.7 Å². The summed E-state index contributed by atoms with van der Waals surface area (Å²) in [7, 11) is 0. The van der Waals surface area contributed by atoms with E-state index in [1.54, 1.807) is 6.92 Å². The highest BCUT2D eigenvalue weighted by Gasteiger charge is 2.09. The molecule has 0 saturated carbocycles. The Bertz CT molecular complexity index is 303. The molecule has 1 aromatic rings. The minimum absolute atomic E-state index is 0.00519. The van der Waals surface area contributed by atoms with Gasteiger partial charge in [0.25, 0.3) is 5.69 Å². The van der Waals surface area contributed by atoms with E-state index in [2.05, 4.69) is 4.98 Å². The summed E-state index contributed by atoms with van der Waals surface area (Å²) in [6.45, 7) is 9.62. The van der Waals surface area contributed by atoms with Gasteiger partial charge in [0, 0.05) is 5.56 Å². The van der Waals surface area contributed by atoms with Gasteiger partial charge in [0.1, 0.15) is 11.3 Å². The summed E-state index contributed by atoms with van der Waals surface area (Å²) < 4.78 is 0. The fourth-order valence-electron chi connectivity index (χ4n) is 0.706. The standard InChI is InChI=1S/C6H5ClN2O2.2C2H6/c1-4-2-6(7)8-3-5(4)9(10)11;2*1-2/h2-3H,1H3;2*1-2H3. The van der Waals surface area contributed by atoms with Gasteiger partial charge in [-0.2, -0.15) is 0 Å². The van der Waals surface area contributed by atoms with E-state index in [-0.39, 0.29) is 10.8 Å². The molecule has 0 bridgehead atoms. The first-order valence-electron chi connectivity index (χ1n) is 4.88. The average Bonchev–Trinajstić information content (AvgIpc) is 2.23. The number of hydrogen-bond acceptors (Lipinski definition) is 3. The van der Waals surface area contributed by atoms with Crippen molar-refractivity contribution < 1.29 is 4.92 Å². The number of nitrogens with zero attached hydrogens (tertiary/aromatic N) is 2. The van der Waals surface area contributed by atoms with Crippen molar-refractivity contribution in [3.63, 3.8) is 0 Å². The number of hydrogen-bond donors (Lipinski definition) is 0. The Morgan fingerprint density at radius 2 is 1.80 bits per heavy atom. The molecule has 0 saturated heterocycles. The van der Waals surface area contributed by atoms with E-state index >= 15 is 0 Å². The van der Waals surface area contributed by atoms with E-state index < -0.39 is 4.92 Å². The number of rotatable bonds is 1. The van der Waals surface area contributed by atoms with Gasteiger partial charge in [-0.15, -0.1) is 0 Å². The molecule has 86 valence electrons. The zero-order valence-corrected chi connectivity index (χ0v) is 10.5. The van der Waals surface area contributed by atoms with E-state index in [9.17, 15) is 10.1 Å². The van der Waals surface area contributed by atoms with Gasteiger partial charge in [0.05, 0.1) is 4.92 Å². The summed E-state index contributed by atoms with van der Waals surface area (Å²) in [6, 6.07) is 1.46. The van der Waals surface area contributed by atoms with Crippen LogP contribution >= 0.6 is 11.6 Å². The van der Waals surface area contributed by atoms with E-state index in [0.717, 1.165) is 6.20 Å². The first kappa shape index (κ1) is 16.3. The van der Waals surface area contributed by atoms with Crippen LogP contribution < -0.4 is 0 Å². The van der Waals surface area contributed by atoms with Gasteiger partial charge < -0.3 is 0 Å². The number of aromatic nitrogens is 1. The van der Waals surface area contributed by atoms with Crippen molar-refractivity contribution in [3.05, 3.63) is 33.1 Å². The zero-order valence-electron chi connectivity index (χ0n) is 9.74. The molecule has 4 nitrogen and oxygen atoms in total. The Labute approximate surface area is 95.4 Å². The second kappa shape index (κ2) is 9.40. The second-order valence-electron chi connectivity index (χ2n) is 2.05. The molecule has 0 aliphatic carbocycles. The molecule has 1 rings (SSSR count). The molecule has 0 radical (unpaired) electrons. The number of nitro groups is 1. The van der Waals surface area contributed by atoms with E-state index in [1.165, 1.54) is 6.07 Å². The van der Waals surface area contributed by atoms with Gasteiger partial charge in [-0.05, 0) is 13.0 Å². The van der Waals surface area contributed by atoms with Crippen LogP contribution in [0.4, 0.5) is 5.69 Å². The van der Waals surface area contributed by atoms with Crippen LogP contribution in [-0.4, -0.2) is 9.91 Å². The van der Waals surface area contributed by atoms with Crippen molar-refractivity contribution in [2.24, 2.45) is 0 Å². The molecule has 0 fully saturated rings. The van der Waals surface area contributed by atoms with Gasteiger partial charge in [-0.3, -0.25) is 10.1 Å². The first-order chi connectivity index (χ1) is 7.11. The van der Waals surface area contributed by atoms with Crippen molar-refractivity contribution in [1.82, 2.24) is 4.98 Å². The lowest BCUT2D eigenvalue weighted by atomic mass is 10.3. The molecular weight excluding hydrogens is 216 g/mol. The van der Waals surface area contributed by atoms with Crippen molar-refractivity contribution in [2.45, 2.75) is 34.6 Å². The molecule has 1 heterocycles. The maximum Gasteiger partial charge on any atom is 0.290 e. The maximum absolute atomic E-state index is 10.3. The van der Waals surface area contributed by atoms with E-state index in [0.29, 0.717) is 5.56 Å². The number of halogens is 1. The highest BCUT2D eigenvalue weighted by Crippen LogP contribution is 2.18. The summed E-state index contributed by atoms with van der Waals surface area (Å²) in [6.07, 6.45) is 1.15. The molecule has 0 spiro atoms. The molecule has 0 amide bonds. The molecule has 5 heteroatoms. The van der Waals surface area contributed by atoms with Gasteiger partial charge in [0.15, 0.2) is 0 Å². The maximum atomic E-state index is 10.3. The fourth-order valence-corrected chi connectivity index (χ4v) is 0.918. The predicted octanol–water partition coefficient (Wildman–Crippen LogP) is 4.00. The van der Waals surface area contributed by atoms with Crippen LogP contribution in [0, 0.1) is 17.0 Å². The molecule has 0 atom stereocenters. The summed E-state index contributed by atoms with van der Waals surface area (Å²) in [5, 5.41) is 10.5. The lowest BCUT2D eigenvalue weighted by Crippen LogP contribution is -1.92. The van der Waals surface area contributed by atoms with Crippen molar-refractivity contribution in [3.8, 4) is 0 Å². The Kier molecular flexibility index (Phi) is 10.2. The third kappa shape index (κ3) is 6.01. The molecule has 0 aromatic carbocycles. The first-order valence-corrected chi connectivity index (χ1v) is 5.25. The topological polar surface area (TPSA) is 56.0 Å². The second-order valence-corrected chi connectivity index (χ2v) is 2.44. The van der Waals surface area contributed by atoms with Crippen molar-refractivity contribution >= 4 is 17.3 Å². The lowest BCUT2D eigenvalue weighted by molar-refractivity contribution is -0.385. The van der Waals surface area contributed by atoms with Gasteiger partial charge >= 0.3 is 0 Å². The molecule has 0 N–H and O–H groups in total. The summed E-state index contributed by atoms with van der Waals surface area (Å²) in [4.78, 5) is 13.4.